The summed E-state index contributed by atoms with van der Waals surface area (Å²) in [5.41, 5.74) is 7.92. The Morgan fingerprint density at radius 1 is 0.944 bits per heavy atom. The van der Waals surface area contributed by atoms with Crippen LogP contribution in [0.3, 0.4) is 0 Å². The topological polar surface area (TPSA) is 208 Å². The number of ether oxygens (including phenoxy) is 1. The zero-order chi connectivity index (χ0) is 49.7. The molecule has 17 nitrogen and oxygen atoms in total. The zero-order valence-electron chi connectivity index (χ0n) is 40.2. The van der Waals surface area contributed by atoms with Crippen LogP contribution in [0.4, 0.5) is 0 Å². The minimum absolute atomic E-state index is 0.0387. The van der Waals surface area contributed by atoms with Crippen LogP contribution >= 0.6 is 22.9 Å². The number of aliphatic hydroxyl groups is 1. The van der Waals surface area contributed by atoms with E-state index in [-0.39, 0.29) is 61.7 Å². The maximum Gasteiger partial charge on any atom is 0.248 e. The molecule has 1 saturated carbocycles. The number of aliphatic hydroxyl groups excluding tert-OH is 1. The number of carbonyl (C=O) groups is 3. The number of nitrogens with zero attached hydrogens (tertiary/aromatic N) is 9. The number of amides is 3. The lowest BCUT2D eigenvalue weighted by Crippen LogP contribution is -2.49. The highest BCUT2D eigenvalue weighted by molar-refractivity contribution is 7.15. The van der Waals surface area contributed by atoms with Gasteiger partial charge in [0.2, 0.25) is 23.6 Å². The number of hydrogen-bond acceptors (Lipinski definition) is 13. The molecule has 0 bridgehead atoms. The van der Waals surface area contributed by atoms with Gasteiger partial charge in [-0.15, -0.1) is 21.5 Å². The molecule has 2 fully saturated rings. The Morgan fingerprint density at radius 2 is 1.70 bits per heavy atom. The number of hydrogen-bond donors (Lipinski definition) is 3. The lowest BCUT2D eigenvalue weighted by atomic mass is 9.89. The number of aryl methyl sites for hydroxylation is 3. The van der Waals surface area contributed by atoms with Crippen molar-refractivity contribution in [1.29, 1.82) is 0 Å². The van der Waals surface area contributed by atoms with Gasteiger partial charge in [-0.05, 0) is 68.5 Å². The fraction of sp³-hybridized carbons (Fsp3) is 0.365. The second-order valence-corrected chi connectivity index (χ2v) is 20.6. The smallest absolute Gasteiger partial charge is 0.248 e. The van der Waals surface area contributed by atoms with Crippen LogP contribution in [0.1, 0.15) is 96.1 Å². The van der Waals surface area contributed by atoms with Gasteiger partial charge in [0, 0.05) is 89.0 Å². The molecule has 4 atom stereocenters. The predicted molar refractivity (Wildman–Crippen MR) is 267 cm³/mol. The largest absolute Gasteiger partial charge is 0.474 e. The molecule has 366 valence electrons. The SMILES string of the molecule is Cc1ncoc1-c1ccc(CNC(=O)[C@@H]2C[C@@H](O)CN2C(=O)[C@@H](C(C)C)n2cc(-c3ccnc(O[C@H]4C[C@@H](NC(=O)C[C@@H]5N=C(c6ccc(Cl)cc6)c6c(sc(C)c6C)-n6c(C)nnc65)C4)c3)cn2)cc1. The van der Waals surface area contributed by atoms with E-state index < -0.39 is 24.2 Å². The molecule has 1 saturated heterocycles. The van der Waals surface area contributed by atoms with E-state index in [1.165, 1.54) is 16.2 Å². The molecule has 10 rings (SSSR count). The molecule has 2 aliphatic heterocycles. The third-order valence-electron chi connectivity index (χ3n) is 13.6. The Hall–Kier alpha value is -7.02. The molecule has 0 radical (unpaired) electrons. The third kappa shape index (κ3) is 9.63. The first-order valence-corrected chi connectivity index (χ1v) is 25.0. The van der Waals surface area contributed by atoms with E-state index in [9.17, 15) is 19.5 Å². The molecule has 2 aromatic carbocycles. The van der Waals surface area contributed by atoms with Gasteiger partial charge < -0.3 is 29.8 Å². The first-order valence-electron chi connectivity index (χ1n) is 23.8. The van der Waals surface area contributed by atoms with Crippen molar-refractivity contribution in [2.45, 2.75) is 110 Å². The average molecular weight is 997 g/mol. The van der Waals surface area contributed by atoms with Gasteiger partial charge in [0.15, 0.2) is 18.0 Å². The molecule has 0 spiro atoms. The number of rotatable bonds is 14. The lowest BCUT2D eigenvalue weighted by Gasteiger charge is -2.35. The van der Waals surface area contributed by atoms with Gasteiger partial charge >= 0.3 is 0 Å². The van der Waals surface area contributed by atoms with E-state index in [4.69, 9.17) is 25.7 Å². The number of oxazole rings is 1. The first-order chi connectivity index (χ1) is 34.2. The van der Waals surface area contributed by atoms with Crippen LogP contribution < -0.4 is 15.4 Å². The summed E-state index contributed by atoms with van der Waals surface area (Å²) >= 11 is 7.95. The van der Waals surface area contributed by atoms with E-state index in [0.717, 1.165) is 61.2 Å². The first kappa shape index (κ1) is 47.6. The highest BCUT2D eigenvalue weighted by Gasteiger charge is 2.43. The summed E-state index contributed by atoms with van der Waals surface area (Å²) < 4.78 is 15.5. The summed E-state index contributed by atoms with van der Waals surface area (Å²) in [5, 5.41) is 32.1. The van der Waals surface area contributed by atoms with Crippen LogP contribution in [-0.2, 0) is 20.9 Å². The van der Waals surface area contributed by atoms with E-state index in [1.807, 2.05) is 99.1 Å². The van der Waals surface area contributed by atoms with Crippen molar-refractivity contribution in [3.8, 4) is 33.3 Å². The molecule has 5 aromatic heterocycles. The Kier molecular flexibility index (Phi) is 13.2. The molecular formula is C52H54ClN11O6S. The lowest BCUT2D eigenvalue weighted by molar-refractivity contribution is -0.142. The van der Waals surface area contributed by atoms with Crippen molar-refractivity contribution in [2.24, 2.45) is 10.9 Å². The van der Waals surface area contributed by atoms with Crippen molar-refractivity contribution in [3.63, 3.8) is 0 Å². The number of β-amino-alcohol motifs (C(OH)–C–C–N with tert-alkyl or cyclic N) is 1. The van der Waals surface area contributed by atoms with Gasteiger partial charge in [-0.25, -0.2) is 9.97 Å². The quantitative estimate of drug-likeness (QED) is 0.0966. The molecule has 7 heterocycles. The average Bonchev–Trinajstić information content (AvgIpc) is 4.19. The molecule has 7 aromatic rings. The summed E-state index contributed by atoms with van der Waals surface area (Å²) in [4.78, 5) is 58.2. The highest BCUT2D eigenvalue weighted by atomic mass is 35.5. The Balaban J connectivity index is 0.757. The molecule has 0 unspecified atom stereocenters. The van der Waals surface area contributed by atoms with E-state index in [2.05, 4.69) is 49.7 Å². The maximum atomic E-state index is 14.3. The van der Waals surface area contributed by atoms with Crippen LogP contribution in [0, 0.1) is 33.6 Å². The number of aliphatic imine (C=N–C) groups is 1. The number of fused-ring (bicyclic) bond motifs is 3. The van der Waals surface area contributed by atoms with Gasteiger partial charge in [0.25, 0.3) is 0 Å². The standard InChI is InChI=1S/C52H54ClN11O6S/c1-27(2)47(51(68)62-25-39(65)20-42(62)50(67)55-22-32-7-9-34(10-8-32)48-29(4)56-26-69-48)63-24-36(23-57-63)35-15-16-54-44(17-35)70-40-18-38(19-40)58-43(66)21-41-49-61-60-31(6)64(49)52-45(28(3)30(5)71-52)46(59-41)33-11-13-37(53)14-12-33/h7-17,23-24,26-27,38-42,47,65H,18-22,25H2,1-6H3,(H,55,67)(H,58,66)/t38-,39-,40+,41+,42+,47-/m1/s1. The molecule has 3 aliphatic rings. The molecule has 3 N–H and O–H groups in total. The van der Waals surface area contributed by atoms with Crippen molar-refractivity contribution in [3.05, 3.63) is 135 Å². The van der Waals surface area contributed by atoms with E-state index in [0.29, 0.717) is 35.3 Å². The minimum atomic E-state index is -0.842. The summed E-state index contributed by atoms with van der Waals surface area (Å²) in [6, 6.07) is 16.7. The predicted octanol–water partition coefficient (Wildman–Crippen LogP) is 7.61. The number of aromatic nitrogens is 7. The normalized spacial score (nSPS) is 19.9. The zero-order valence-corrected chi connectivity index (χ0v) is 41.7. The number of pyridine rings is 1. The summed E-state index contributed by atoms with van der Waals surface area (Å²) in [6.45, 7) is 12.1. The van der Waals surface area contributed by atoms with Crippen molar-refractivity contribution >= 4 is 46.4 Å². The van der Waals surface area contributed by atoms with Crippen molar-refractivity contribution in [1.82, 2.24) is 50.0 Å². The number of halogens is 1. The fourth-order valence-corrected chi connectivity index (χ4v) is 11.0. The van der Waals surface area contributed by atoms with Crippen LogP contribution in [0.2, 0.25) is 5.02 Å². The second kappa shape index (κ2) is 19.6. The number of thiophene rings is 1. The maximum absolute atomic E-state index is 14.3. The third-order valence-corrected chi connectivity index (χ3v) is 15.1. The van der Waals surface area contributed by atoms with Gasteiger partial charge in [-0.3, -0.25) is 28.6 Å². The molecule has 71 heavy (non-hydrogen) atoms. The minimum Gasteiger partial charge on any atom is -0.474 e. The van der Waals surface area contributed by atoms with Crippen LogP contribution in [-0.4, -0.2) is 98.8 Å². The number of carbonyl (C=O) groups excluding carboxylic acids is 3. The van der Waals surface area contributed by atoms with Crippen molar-refractivity contribution in [2.75, 3.05) is 6.54 Å². The van der Waals surface area contributed by atoms with Crippen LogP contribution in [0.5, 0.6) is 5.88 Å². The highest BCUT2D eigenvalue weighted by Crippen LogP contribution is 2.40. The van der Waals surface area contributed by atoms with Gasteiger partial charge in [0.05, 0.1) is 30.1 Å². The van der Waals surface area contributed by atoms with E-state index >= 15 is 0 Å². The Morgan fingerprint density at radius 3 is 2.44 bits per heavy atom. The second-order valence-electron chi connectivity index (χ2n) is 18.9. The van der Waals surface area contributed by atoms with Crippen LogP contribution in [0.25, 0.3) is 27.5 Å². The summed E-state index contributed by atoms with van der Waals surface area (Å²) in [7, 11) is 0. The fourth-order valence-electron chi connectivity index (χ4n) is 9.68. The van der Waals surface area contributed by atoms with E-state index in [1.54, 1.807) is 28.4 Å². The van der Waals surface area contributed by atoms with Gasteiger partial charge in [-0.1, -0.05) is 61.8 Å². The van der Waals surface area contributed by atoms with Crippen LogP contribution in [0.15, 0.2) is 95.1 Å². The Bertz CT molecular complexity index is 3150. The summed E-state index contributed by atoms with van der Waals surface area (Å²) in [5.74, 6) is 1.50. The Labute approximate surface area is 419 Å². The van der Waals surface area contributed by atoms with Gasteiger partial charge in [-0.2, -0.15) is 5.10 Å². The van der Waals surface area contributed by atoms with Gasteiger partial charge in [0.1, 0.15) is 35.1 Å². The van der Waals surface area contributed by atoms with Crippen molar-refractivity contribution < 1.29 is 28.6 Å². The number of nitrogens with one attached hydrogen (secondary N) is 2. The summed E-state index contributed by atoms with van der Waals surface area (Å²) in [6.07, 6.45) is 6.99. The molecule has 19 heteroatoms. The number of likely N-dealkylation sites (tertiary alicyclic amines) is 1. The number of benzene rings is 2. The monoisotopic (exact) mass is 995 g/mol. The molecular weight excluding hydrogens is 942 g/mol. The molecule has 1 aliphatic carbocycles. The molecule has 3 amide bonds.